The number of aliphatic hydroxyl groups excluding tert-OH is 1. The van der Waals surface area contributed by atoms with E-state index in [2.05, 4.69) is 26.2 Å². The van der Waals surface area contributed by atoms with Crippen LogP contribution >= 0.6 is 0 Å². The molecule has 0 aliphatic rings. The van der Waals surface area contributed by atoms with Crippen molar-refractivity contribution in [2.24, 2.45) is 17.3 Å². The second-order valence-electron chi connectivity index (χ2n) is 22.3. The second-order valence-corrected chi connectivity index (χ2v) is 22.3. The molecule has 0 saturated carbocycles. The van der Waals surface area contributed by atoms with Gasteiger partial charge in [0.15, 0.2) is 6.10 Å². The molecule has 5 N–H and O–H groups in total. The van der Waals surface area contributed by atoms with Gasteiger partial charge >= 0.3 is 66.9 Å². The molecule has 1 aromatic rings. The molecule has 1 rings (SSSR count). The lowest BCUT2D eigenvalue weighted by Crippen LogP contribution is -2.46. The van der Waals surface area contributed by atoms with Crippen LogP contribution in [0.5, 0.6) is 0 Å². The minimum absolute atomic E-state index is 0.0154. The second kappa shape index (κ2) is 40.2. The van der Waals surface area contributed by atoms with Crippen molar-refractivity contribution in [2.75, 3.05) is 86.4 Å². The first kappa shape index (κ1) is 77.7. The van der Waals surface area contributed by atoms with E-state index in [0.717, 1.165) is 13.8 Å². The van der Waals surface area contributed by atoms with Gasteiger partial charge in [0.1, 0.15) is 101 Å². The highest BCUT2D eigenvalue weighted by atomic mass is 17.2. The lowest BCUT2D eigenvalue weighted by atomic mass is 9.93. The number of alkyl carbamates (subject to hydrolysis) is 4. The molecule has 0 fully saturated rings. The molecule has 0 radical (unpaired) electrons. The first-order valence-corrected chi connectivity index (χ1v) is 27.5. The maximum Gasteiger partial charge on any atom is 0.508 e. The predicted octanol–water partition coefficient (Wildman–Crippen LogP) is 5.07. The van der Waals surface area contributed by atoms with Gasteiger partial charge in [0.25, 0.3) is 0 Å². The van der Waals surface area contributed by atoms with Crippen LogP contribution in [0.25, 0.3) is 0 Å². The molecule has 7 unspecified atom stereocenters. The number of carbonyl (C=O) groups excluding carboxylic acids is 11. The molecular formula is C55H86N4O29. The molecule has 33 nitrogen and oxygen atoms in total. The maximum atomic E-state index is 13.7. The van der Waals surface area contributed by atoms with E-state index in [1.165, 1.54) is 14.0 Å². The van der Waals surface area contributed by atoms with Crippen LogP contribution in [0.2, 0.25) is 0 Å². The van der Waals surface area contributed by atoms with Crippen LogP contribution in [0.1, 0.15) is 95.6 Å². The highest BCUT2D eigenvalue weighted by Crippen LogP contribution is 2.22. The Labute approximate surface area is 509 Å². The lowest BCUT2D eigenvalue weighted by molar-refractivity contribution is -0.282. The van der Waals surface area contributed by atoms with Crippen molar-refractivity contribution in [1.82, 2.24) is 21.3 Å². The van der Waals surface area contributed by atoms with Crippen LogP contribution < -0.4 is 21.3 Å². The largest absolute Gasteiger partial charge is 0.508 e. The number of hydrogen-bond donors (Lipinski definition) is 5. The highest BCUT2D eigenvalue weighted by molar-refractivity contribution is 5.80. The van der Waals surface area contributed by atoms with E-state index >= 15 is 0 Å². The number of esters is 2. The zero-order valence-electron chi connectivity index (χ0n) is 52.1. The molecule has 0 aliphatic heterocycles. The molecule has 500 valence electrons. The van der Waals surface area contributed by atoms with Gasteiger partial charge in [-0.2, -0.15) is 4.89 Å². The minimum Gasteiger partial charge on any atom is -0.460 e. The molecule has 0 aliphatic carbocycles. The van der Waals surface area contributed by atoms with Gasteiger partial charge in [0.05, 0.1) is 31.9 Å². The summed E-state index contributed by atoms with van der Waals surface area (Å²) in [5.41, 5.74) is -3.49. The van der Waals surface area contributed by atoms with Crippen molar-refractivity contribution in [1.29, 1.82) is 0 Å². The van der Waals surface area contributed by atoms with E-state index in [0.29, 0.717) is 5.56 Å². The van der Waals surface area contributed by atoms with E-state index < -0.39 is 179 Å². The fourth-order valence-electron chi connectivity index (χ4n) is 5.81. The number of benzene rings is 1. The number of methoxy groups -OCH3 is 1. The average molecular weight is 1270 g/mol. The molecule has 0 saturated heterocycles. The van der Waals surface area contributed by atoms with Crippen LogP contribution in [0.15, 0.2) is 30.3 Å². The monoisotopic (exact) mass is 1270 g/mol. The highest BCUT2D eigenvalue weighted by Gasteiger charge is 2.40. The third-order valence-electron chi connectivity index (χ3n) is 10.1. The Kier molecular flexibility index (Phi) is 35.5. The fraction of sp³-hybridized carbons (Fsp3) is 0.691. The van der Waals surface area contributed by atoms with Crippen molar-refractivity contribution in [3.63, 3.8) is 0 Å². The van der Waals surface area contributed by atoms with E-state index in [-0.39, 0.29) is 38.3 Å². The zero-order valence-corrected chi connectivity index (χ0v) is 52.1. The molecule has 1 aromatic carbocycles. The Morgan fingerprint density at radius 1 is 0.443 bits per heavy atom. The number of rotatable bonds is 35. The summed E-state index contributed by atoms with van der Waals surface area (Å²) in [6, 6.07) is 3.56. The van der Waals surface area contributed by atoms with E-state index in [1.54, 1.807) is 85.7 Å². The Morgan fingerprint density at radius 2 is 0.807 bits per heavy atom. The molecule has 0 bridgehead atoms. The third kappa shape index (κ3) is 38.0. The van der Waals surface area contributed by atoms with Gasteiger partial charge in [-0.25, -0.2) is 47.9 Å². The normalized spacial score (nSPS) is 13.9. The summed E-state index contributed by atoms with van der Waals surface area (Å²) in [6.45, 7) is 13.2. The number of amides is 4. The zero-order chi connectivity index (χ0) is 66.6. The van der Waals surface area contributed by atoms with Crippen LogP contribution in [-0.2, 0) is 102 Å². The van der Waals surface area contributed by atoms with Crippen molar-refractivity contribution >= 4 is 66.9 Å². The van der Waals surface area contributed by atoms with Crippen LogP contribution in [-0.4, -0.2) is 206 Å². The summed E-state index contributed by atoms with van der Waals surface area (Å²) in [5, 5.41) is 18.9. The van der Waals surface area contributed by atoms with Gasteiger partial charge in [-0.15, -0.1) is 0 Å². The molecule has 88 heavy (non-hydrogen) atoms. The number of carbonyl (C=O) groups is 11. The van der Waals surface area contributed by atoms with Crippen molar-refractivity contribution in [3.8, 4) is 0 Å². The Hall–Kier alpha value is -8.33. The van der Waals surface area contributed by atoms with Gasteiger partial charge in [-0.1, -0.05) is 58.0 Å². The van der Waals surface area contributed by atoms with Crippen LogP contribution in [0.3, 0.4) is 0 Å². The maximum absolute atomic E-state index is 13.7. The summed E-state index contributed by atoms with van der Waals surface area (Å²) in [6.07, 6.45) is -12.5. The van der Waals surface area contributed by atoms with Gasteiger partial charge in [0, 0.05) is 7.11 Å². The first-order valence-electron chi connectivity index (χ1n) is 27.5. The van der Waals surface area contributed by atoms with Gasteiger partial charge in [0.2, 0.25) is 0 Å². The van der Waals surface area contributed by atoms with Crippen molar-refractivity contribution < 1.29 is 139 Å². The number of ether oxygens (including phenoxy) is 15. The molecule has 7 atom stereocenters. The SMILES string of the molecule is COCC(COC(=O)OCC(COC(=O)OCC(C)(COC(=O)OCC(COC(=O)OCC(COOC(=O)C(C)OC(=O)C(C)O)NC(=O)OCC(C)C)NC(=O)OC(C)(C)C)C(=O)OCc1ccccc1)NC(=O)OC(C)(C)C)NC(=O)OCC(C)C. The topological polar surface area (TPSA) is 413 Å². The minimum atomic E-state index is -2.01. The Morgan fingerprint density at radius 3 is 1.17 bits per heavy atom. The standard InChI is InChI=1S/C55H86N4O29/c1-33(2)20-74-45(64)56-38(23-72-14)24-76-49(68)77-25-39(58-47(66)86-53(7,8)9)27-80-51(70)82-31-55(13,44(63)73-22-37-18-16-15-17-19-37)32-83-52(71)81-28-40(59-48(67)87-54(10,11)12)26-78-50(69)79-29-41(57-46(65)75-21-34(3)4)30-84-88-43(62)36(6)85-42(61)35(5)60/h15-19,33-36,38-41,60H,20-32H2,1-14H3,(H,56,64)(H,57,65)(H,58,66)(H,59,67). The molecule has 0 heterocycles. The van der Waals surface area contributed by atoms with Gasteiger partial charge in [-0.3, -0.25) is 9.68 Å². The number of aliphatic hydroxyl groups is 1. The Balaban J connectivity index is 3.19. The molecule has 0 spiro atoms. The molecule has 4 amide bonds. The third-order valence-corrected chi connectivity index (χ3v) is 10.1. The summed E-state index contributed by atoms with van der Waals surface area (Å²) in [4.78, 5) is 149. The van der Waals surface area contributed by atoms with Crippen molar-refractivity contribution in [3.05, 3.63) is 35.9 Å². The predicted molar refractivity (Wildman–Crippen MR) is 297 cm³/mol. The average Bonchev–Trinajstić information content (AvgIpc) is 3.43. The van der Waals surface area contributed by atoms with E-state index in [4.69, 9.17) is 75.9 Å². The van der Waals surface area contributed by atoms with E-state index in [1.807, 2.05) is 13.8 Å². The van der Waals surface area contributed by atoms with Crippen LogP contribution in [0.4, 0.5) is 38.4 Å². The summed E-state index contributed by atoms with van der Waals surface area (Å²) < 4.78 is 77.5. The van der Waals surface area contributed by atoms with E-state index in [9.17, 15) is 57.8 Å². The molecular weight excluding hydrogens is 1180 g/mol. The van der Waals surface area contributed by atoms with Crippen LogP contribution in [0, 0.1) is 17.3 Å². The fourth-order valence-corrected chi connectivity index (χ4v) is 5.81. The van der Waals surface area contributed by atoms with Gasteiger partial charge < -0.3 is 97.4 Å². The summed E-state index contributed by atoms with van der Waals surface area (Å²) in [7, 11) is 1.35. The smallest absolute Gasteiger partial charge is 0.460 e. The molecule has 33 heteroatoms. The summed E-state index contributed by atoms with van der Waals surface area (Å²) >= 11 is 0. The quantitative estimate of drug-likeness (QED) is 0.0256. The first-order chi connectivity index (χ1) is 41.1. The summed E-state index contributed by atoms with van der Waals surface area (Å²) in [5.74, 6) is -3.41. The number of nitrogens with one attached hydrogen (secondary N) is 4. The molecule has 0 aromatic heterocycles. The number of hydrogen-bond acceptors (Lipinski definition) is 29. The van der Waals surface area contributed by atoms with Crippen molar-refractivity contribution in [2.45, 2.75) is 144 Å². The van der Waals surface area contributed by atoms with Gasteiger partial charge in [-0.05, 0) is 79.7 Å². The lowest BCUT2D eigenvalue weighted by Gasteiger charge is -2.27. The Bertz CT molecular complexity index is 2360.